The molecule has 126 valence electrons. The Morgan fingerprint density at radius 1 is 1.33 bits per heavy atom. The molecule has 0 bridgehead atoms. The molecule has 0 atom stereocenters. The first kappa shape index (κ1) is 16.9. The Morgan fingerprint density at radius 2 is 2.00 bits per heavy atom. The molecule has 0 saturated heterocycles. The first-order valence-corrected chi connectivity index (χ1v) is 8.39. The molecule has 0 amide bonds. The van der Waals surface area contributed by atoms with Gasteiger partial charge in [0.1, 0.15) is 10.3 Å². The maximum absolute atomic E-state index is 11.8. The number of aromatic nitrogens is 4. The van der Waals surface area contributed by atoms with Crippen molar-refractivity contribution < 1.29 is 9.53 Å². The van der Waals surface area contributed by atoms with E-state index in [9.17, 15) is 4.79 Å². The van der Waals surface area contributed by atoms with Crippen molar-refractivity contribution in [3.8, 4) is 11.4 Å². The SMILES string of the molecule is CCOC(=O)/C(C)=C/c1nnc(-c2cc(Cl)nc(Cl)c2)n1C1CC1. The fraction of sp³-hybridized carbons (Fsp3) is 0.375. The summed E-state index contributed by atoms with van der Waals surface area (Å²) in [5, 5.41) is 9.07. The molecule has 1 fully saturated rings. The van der Waals surface area contributed by atoms with Gasteiger partial charge in [0.25, 0.3) is 0 Å². The molecule has 1 aliphatic carbocycles. The van der Waals surface area contributed by atoms with E-state index >= 15 is 0 Å². The number of hydrogen-bond acceptors (Lipinski definition) is 5. The normalized spacial score (nSPS) is 14.8. The summed E-state index contributed by atoms with van der Waals surface area (Å²) in [4.78, 5) is 15.8. The van der Waals surface area contributed by atoms with Crippen molar-refractivity contribution in [2.24, 2.45) is 0 Å². The van der Waals surface area contributed by atoms with Crippen molar-refractivity contribution in [3.63, 3.8) is 0 Å². The molecule has 6 nitrogen and oxygen atoms in total. The van der Waals surface area contributed by atoms with Crippen LogP contribution in [0.1, 0.15) is 38.6 Å². The summed E-state index contributed by atoms with van der Waals surface area (Å²) in [7, 11) is 0. The van der Waals surface area contributed by atoms with E-state index < -0.39 is 0 Å². The highest BCUT2D eigenvalue weighted by atomic mass is 35.5. The molecule has 2 aromatic rings. The van der Waals surface area contributed by atoms with Crippen molar-refractivity contribution in [2.75, 3.05) is 6.61 Å². The van der Waals surface area contributed by atoms with Gasteiger partial charge in [0.05, 0.1) is 6.61 Å². The Kier molecular flexibility index (Phi) is 4.87. The van der Waals surface area contributed by atoms with Crippen LogP contribution in [0.5, 0.6) is 0 Å². The number of halogens is 2. The lowest BCUT2D eigenvalue weighted by molar-refractivity contribution is -0.138. The van der Waals surface area contributed by atoms with Gasteiger partial charge in [-0.2, -0.15) is 0 Å². The quantitative estimate of drug-likeness (QED) is 0.455. The maximum Gasteiger partial charge on any atom is 0.333 e. The summed E-state index contributed by atoms with van der Waals surface area (Å²) < 4.78 is 7.01. The standard InChI is InChI=1S/C16H16Cl2N4O2/c1-3-24-16(23)9(2)6-14-20-21-15(22(14)11-4-5-11)10-7-12(17)19-13(18)8-10/h6-8,11H,3-5H2,1-2H3/b9-6+. The van der Waals surface area contributed by atoms with E-state index in [0.717, 1.165) is 18.4 Å². The summed E-state index contributed by atoms with van der Waals surface area (Å²) in [6, 6.07) is 3.70. The smallest absolute Gasteiger partial charge is 0.333 e. The maximum atomic E-state index is 11.8. The van der Waals surface area contributed by atoms with Crippen LogP contribution in [-0.4, -0.2) is 32.3 Å². The molecule has 8 heteroatoms. The topological polar surface area (TPSA) is 69.9 Å². The Bertz CT molecular complexity index is 792. The van der Waals surface area contributed by atoms with Crippen LogP contribution in [0.2, 0.25) is 10.3 Å². The van der Waals surface area contributed by atoms with Crippen LogP contribution in [0.25, 0.3) is 17.5 Å². The van der Waals surface area contributed by atoms with Crippen molar-refractivity contribution in [3.05, 3.63) is 33.8 Å². The number of hydrogen-bond donors (Lipinski definition) is 0. The van der Waals surface area contributed by atoms with Gasteiger partial charge in [-0.3, -0.25) is 0 Å². The Labute approximate surface area is 149 Å². The second-order valence-electron chi connectivity index (χ2n) is 5.53. The minimum Gasteiger partial charge on any atom is -0.463 e. The molecule has 2 heterocycles. The van der Waals surface area contributed by atoms with E-state index in [2.05, 4.69) is 15.2 Å². The van der Waals surface area contributed by atoms with Gasteiger partial charge in [-0.1, -0.05) is 23.2 Å². The van der Waals surface area contributed by atoms with Crippen LogP contribution >= 0.6 is 23.2 Å². The lowest BCUT2D eigenvalue weighted by Crippen LogP contribution is -2.06. The van der Waals surface area contributed by atoms with E-state index in [1.807, 2.05) is 4.57 Å². The highest BCUT2D eigenvalue weighted by Crippen LogP contribution is 2.39. The number of nitrogens with zero attached hydrogens (tertiary/aromatic N) is 4. The largest absolute Gasteiger partial charge is 0.463 e. The zero-order valence-corrected chi connectivity index (χ0v) is 14.8. The van der Waals surface area contributed by atoms with Gasteiger partial charge in [0.15, 0.2) is 11.6 Å². The molecular weight excluding hydrogens is 351 g/mol. The predicted octanol–water partition coefficient (Wildman–Crippen LogP) is 3.95. The molecule has 1 saturated carbocycles. The third-order valence-electron chi connectivity index (χ3n) is 3.60. The van der Waals surface area contributed by atoms with Crippen LogP contribution in [-0.2, 0) is 9.53 Å². The van der Waals surface area contributed by atoms with Gasteiger partial charge in [-0.25, -0.2) is 9.78 Å². The van der Waals surface area contributed by atoms with Crippen LogP contribution in [0.4, 0.5) is 0 Å². The molecule has 0 radical (unpaired) electrons. The first-order valence-electron chi connectivity index (χ1n) is 7.63. The van der Waals surface area contributed by atoms with Gasteiger partial charge >= 0.3 is 5.97 Å². The molecule has 0 aromatic carbocycles. The fourth-order valence-electron chi connectivity index (χ4n) is 2.38. The molecule has 0 unspecified atom stereocenters. The van der Waals surface area contributed by atoms with Crippen LogP contribution in [0.3, 0.4) is 0 Å². The van der Waals surface area contributed by atoms with Gasteiger partial charge in [-0.15, -0.1) is 10.2 Å². The third-order valence-corrected chi connectivity index (χ3v) is 3.99. The number of carbonyl (C=O) groups is 1. The lowest BCUT2D eigenvalue weighted by Gasteiger charge is -2.08. The second-order valence-corrected chi connectivity index (χ2v) is 6.31. The van der Waals surface area contributed by atoms with E-state index in [1.54, 1.807) is 32.1 Å². The average Bonchev–Trinajstić information content (AvgIpc) is 3.27. The minimum absolute atomic E-state index is 0.294. The molecule has 0 spiro atoms. The number of carbonyl (C=O) groups excluding carboxylic acids is 1. The fourth-order valence-corrected chi connectivity index (χ4v) is 2.84. The number of rotatable bonds is 5. The monoisotopic (exact) mass is 366 g/mol. The van der Waals surface area contributed by atoms with Gasteiger partial charge in [0.2, 0.25) is 0 Å². The van der Waals surface area contributed by atoms with Crippen LogP contribution < -0.4 is 0 Å². The summed E-state index contributed by atoms with van der Waals surface area (Å²) in [6.45, 7) is 3.80. The second kappa shape index (κ2) is 6.91. The lowest BCUT2D eigenvalue weighted by atomic mass is 10.2. The summed E-state index contributed by atoms with van der Waals surface area (Å²) in [6.07, 6.45) is 3.77. The molecule has 1 aliphatic rings. The summed E-state index contributed by atoms with van der Waals surface area (Å²) in [5.41, 5.74) is 1.22. The Hall–Kier alpha value is -1.92. The van der Waals surface area contributed by atoms with E-state index in [-0.39, 0.29) is 5.97 Å². The molecular formula is C16H16Cl2N4O2. The molecule has 2 aromatic heterocycles. The highest BCUT2D eigenvalue weighted by Gasteiger charge is 2.30. The van der Waals surface area contributed by atoms with Crippen molar-refractivity contribution in [1.82, 2.24) is 19.7 Å². The number of esters is 1. The van der Waals surface area contributed by atoms with Gasteiger partial charge < -0.3 is 9.30 Å². The zero-order chi connectivity index (χ0) is 17.3. The molecule has 0 aliphatic heterocycles. The summed E-state index contributed by atoms with van der Waals surface area (Å²) >= 11 is 12.0. The molecule has 24 heavy (non-hydrogen) atoms. The molecule has 0 N–H and O–H groups in total. The van der Waals surface area contributed by atoms with Crippen LogP contribution in [0.15, 0.2) is 17.7 Å². The van der Waals surface area contributed by atoms with Crippen molar-refractivity contribution in [1.29, 1.82) is 0 Å². The summed E-state index contributed by atoms with van der Waals surface area (Å²) in [5.74, 6) is 0.910. The number of pyridine rings is 1. The Morgan fingerprint density at radius 3 is 2.58 bits per heavy atom. The van der Waals surface area contributed by atoms with E-state index in [4.69, 9.17) is 27.9 Å². The van der Waals surface area contributed by atoms with E-state index in [0.29, 0.717) is 40.2 Å². The Balaban J connectivity index is 2.03. The number of ether oxygens (including phenoxy) is 1. The van der Waals surface area contributed by atoms with Crippen molar-refractivity contribution in [2.45, 2.75) is 32.7 Å². The third kappa shape index (κ3) is 3.60. The minimum atomic E-state index is -0.362. The molecule has 3 rings (SSSR count). The zero-order valence-electron chi connectivity index (χ0n) is 13.3. The highest BCUT2D eigenvalue weighted by molar-refractivity contribution is 6.32. The van der Waals surface area contributed by atoms with Gasteiger partial charge in [0, 0.05) is 17.2 Å². The van der Waals surface area contributed by atoms with E-state index in [1.165, 1.54) is 0 Å². The van der Waals surface area contributed by atoms with Crippen LogP contribution in [0, 0.1) is 0 Å². The van der Waals surface area contributed by atoms with Gasteiger partial charge in [-0.05, 0) is 44.9 Å². The predicted molar refractivity (Wildman–Crippen MR) is 91.8 cm³/mol. The van der Waals surface area contributed by atoms with Crippen molar-refractivity contribution >= 4 is 35.2 Å². The average molecular weight is 367 g/mol. The first-order chi connectivity index (χ1) is 11.5.